The zero-order valence-electron chi connectivity index (χ0n) is 8.30. The molecule has 0 aliphatic rings. The molecule has 0 unspecified atom stereocenters. The van der Waals surface area contributed by atoms with E-state index >= 15 is 0 Å². The van der Waals surface area contributed by atoms with Crippen LogP contribution in [0.1, 0.15) is 26.7 Å². The van der Waals surface area contributed by atoms with Gasteiger partial charge in [0, 0.05) is 6.61 Å². The Morgan fingerprint density at radius 3 is 1.47 bits per heavy atom. The lowest BCUT2D eigenvalue weighted by molar-refractivity contribution is -0.382. The van der Waals surface area contributed by atoms with Gasteiger partial charge in [-0.25, -0.2) is 0 Å². The molecule has 7 heteroatoms. The minimum atomic E-state index is -5.45. The van der Waals surface area contributed by atoms with Crippen molar-refractivity contribution in [2.45, 2.75) is 44.6 Å². The second kappa shape index (κ2) is 4.59. The molecule has 0 aromatic rings. The number of halogens is 6. The van der Waals surface area contributed by atoms with Gasteiger partial charge in [-0.3, -0.25) is 0 Å². The van der Waals surface area contributed by atoms with E-state index in [0.29, 0.717) is 0 Å². The van der Waals surface area contributed by atoms with E-state index in [4.69, 9.17) is 0 Å². The van der Waals surface area contributed by atoms with Crippen LogP contribution in [0.15, 0.2) is 0 Å². The van der Waals surface area contributed by atoms with Gasteiger partial charge in [0.25, 0.3) is 5.60 Å². The second-order valence-electron chi connectivity index (χ2n) is 3.01. The highest BCUT2D eigenvalue weighted by molar-refractivity contribution is 4.95. The molecular formula is C8H12F6O. The van der Waals surface area contributed by atoms with Crippen LogP contribution in [0.25, 0.3) is 0 Å². The Balaban J connectivity index is 5.28. The fourth-order valence-electron chi connectivity index (χ4n) is 1.28. The van der Waals surface area contributed by atoms with Gasteiger partial charge in [-0.2, -0.15) is 26.3 Å². The molecule has 0 atom stereocenters. The number of hydrogen-bond donors (Lipinski definition) is 0. The van der Waals surface area contributed by atoms with Crippen LogP contribution in [0, 0.1) is 0 Å². The Hall–Kier alpha value is -0.460. The molecule has 0 aromatic heterocycles. The summed E-state index contributed by atoms with van der Waals surface area (Å²) in [5, 5.41) is 0. The molecule has 1 nitrogen and oxygen atoms in total. The fourth-order valence-corrected chi connectivity index (χ4v) is 1.28. The van der Waals surface area contributed by atoms with Crippen LogP contribution >= 0.6 is 0 Å². The highest BCUT2D eigenvalue weighted by atomic mass is 19.4. The van der Waals surface area contributed by atoms with Crippen molar-refractivity contribution < 1.29 is 31.1 Å². The maximum atomic E-state index is 12.4. The van der Waals surface area contributed by atoms with Gasteiger partial charge < -0.3 is 4.74 Å². The monoisotopic (exact) mass is 238 g/mol. The molecule has 0 rings (SSSR count). The van der Waals surface area contributed by atoms with Gasteiger partial charge in [0.05, 0.1) is 0 Å². The first-order valence-electron chi connectivity index (χ1n) is 4.39. The zero-order chi connectivity index (χ0) is 12.3. The molecule has 0 aliphatic heterocycles. The van der Waals surface area contributed by atoms with Crippen molar-refractivity contribution in [3.8, 4) is 0 Å². The highest BCUT2D eigenvalue weighted by Gasteiger charge is 2.71. The number of hydrogen-bond acceptors (Lipinski definition) is 1. The average molecular weight is 238 g/mol. The summed E-state index contributed by atoms with van der Waals surface area (Å²) >= 11 is 0. The molecule has 0 heterocycles. The lowest BCUT2D eigenvalue weighted by atomic mass is 9.96. The quantitative estimate of drug-likeness (QED) is 0.679. The SMILES string of the molecule is CCCC(OCC)(C(F)(F)F)C(F)(F)F. The molecule has 0 amide bonds. The predicted octanol–water partition coefficient (Wildman–Crippen LogP) is 3.69. The zero-order valence-corrected chi connectivity index (χ0v) is 8.30. The van der Waals surface area contributed by atoms with Crippen molar-refractivity contribution in [3.63, 3.8) is 0 Å². The lowest BCUT2D eigenvalue weighted by Crippen LogP contribution is -2.58. The van der Waals surface area contributed by atoms with E-state index in [-0.39, 0.29) is 6.42 Å². The van der Waals surface area contributed by atoms with Crippen molar-refractivity contribution in [2.75, 3.05) is 6.61 Å². The van der Waals surface area contributed by atoms with E-state index in [1.807, 2.05) is 0 Å². The smallest absolute Gasteiger partial charge is 0.358 e. The largest absolute Gasteiger partial charge is 0.426 e. The molecule has 0 saturated carbocycles. The van der Waals surface area contributed by atoms with Crippen LogP contribution in [0.5, 0.6) is 0 Å². The number of alkyl halides is 6. The van der Waals surface area contributed by atoms with E-state index in [0.717, 1.165) is 6.92 Å². The number of rotatable bonds is 4. The summed E-state index contributed by atoms with van der Waals surface area (Å²) in [5.74, 6) is 0. The third kappa shape index (κ3) is 2.76. The van der Waals surface area contributed by atoms with E-state index in [2.05, 4.69) is 4.74 Å². The van der Waals surface area contributed by atoms with Gasteiger partial charge in [0.15, 0.2) is 0 Å². The van der Waals surface area contributed by atoms with Crippen molar-refractivity contribution in [2.24, 2.45) is 0 Å². The van der Waals surface area contributed by atoms with Gasteiger partial charge >= 0.3 is 12.4 Å². The van der Waals surface area contributed by atoms with Crippen molar-refractivity contribution in [1.29, 1.82) is 0 Å². The molecule has 15 heavy (non-hydrogen) atoms. The number of ether oxygens (including phenoxy) is 1. The molecule has 0 aromatic carbocycles. The van der Waals surface area contributed by atoms with Crippen LogP contribution in [0.4, 0.5) is 26.3 Å². The van der Waals surface area contributed by atoms with E-state index in [1.54, 1.807) is 0 Å². The Morgan fingerprint density at radius 1 is 0.867 bits per heavy atom. The van der Waals surface area contributed by atoms with Gasteiger partial charge in [-0.1, -0.05) is 13.3 Å². The first kappa shape index (κ1) is 14.5. The van der Waals surface area contributed by atoms with Gasteiger partial charge in [-0.15, -0.1) is 0 Å². The Kier molecular flexibility index (Phi) is 4.45. The summed E-state index contributed by atoms with van der Waals surface area (Å²) in [4.78, 5) is 0. The normalized spacial score (nSPS) is 14.4. The maximum absolute atomic E-state index is 12.4. The first-order chi connectivity index (χ1) is 6.62. The second-order valence-corrected chi connectivity index (χ2v) is 3.01. The van der Waals surface area contributed by atoms with Crippen LogP contribution in [0.2, 0.25) is 0 Å². The van der Waals surface area contributed by atoms with Crippen molar-refractivity contribution in [3.05, 3.63) is 0 Å². The Bertz CT molecular complexity index is 172. The fraction of sp³-hybridized carbons (Fsp3) is 1.00. The summed E-state index contributed by atoms with van der Waals surface area (Å²) in [6, 6.07) is 0. The first-order valence-corrected chi connectivity index (χ1v) is 4.39. The van der Waals surface area contributed by atoms with Gasteiger partial charge in [0.1, 0.15) is 0 Å². The summed E-state index contributed by atoms with van der Waals surface area (Å²) in [6.45, 7) is 1.70. The van der Waals surface area contributed by atoms with E-state index in [1.165, 1.54) is 6.92 Å². The third-order valence-electron chi connectivity index (χ3n) is 1.91. The molecule has 0 aliphatic carbocycles. The molecule has 0 fully saturated rings. The van der Waals surface area contributed by atoms with Gasteiger partial charge in [0.2, 0.25) is 0 Å². The minimum Gasteiger partial charge on any atom is -0.358 e. The Morgan fingerprint density at radius 2 is 1.27 bits per heavy atom. The molecular weight excluding hydrogens is 226 g/mol. The third-order valence-corrected chi connectivity index (χ3v) is 1.91. The average Bonchev–Trinajstić information content (AvgIpc) is 1.99. The molecule has 0 saturated heterocycles. The maximum Gasteiger partial charge on any atom is 0.426 e. The predicted molar refractivity (Wildman–Crippen MR) is 41.4 cm³/mol. The molecule has 0 radical (unpaired) electrons. The van der Waals surface area contributed by atoms with Crippen LogP contribution < -0.4 is 0 Å². The molecule has 0 bridgehead atoms. The van der Waals surface area contributed by atoms with Crippen LogP contribution in [-0.2, 0) is 4.74 Å². The van der Waals surface area contributed by atoms with Crippen molar-refractivity contribution in [1.82, 2.24) is 0 Å². The summed E-state index contributed by atoms with van der Waals surface area (Å²) in [6.07, 6.45) is -12.3. The van der Waals surface area contributed by atoms with Gasteiger partial charge in [-0.05, 0) is 13.3 Å². The van der Waals surface area contributed by atoms with Crippen LogP contribution in [0.3, 0.4) is 0 Å². The standard InChI is InChI=1S/C8H12F6O/c1-3-5-6(15-4-2,7(9,10)11)8(12,13)14/h3-5H2,1-2H3. The Labute approximate surface area is 83.4 Å². The van der Waals surface area contributed by atoms with E-state index in [9.17, 15) is 26.3 Å². The molecule has 92 valence electrons. The summed E-state index contributed by atoms with van der Waals surface area (Å²) in [5.41, 5.74) is -4.02. The minimum absolute atomic E-state index is 0.265. The molecule has 0 spiro atoms. The lowest BCUT2D eigenvalue weighted by Gasteiger charge is -2.36. The highest BCUT2D eigenvalue weighted by Crippen LogP contribution is 2.48. The molecule has 0 N–H and O–H groups in total. The van der Waals surface area contributed by atoms with E-state index < -0.39 is 31.0 Å². The van der Waals surface area contributed by atoms with Crippen LogP contribution in [-0.4, -0.2) is 24.6 Å². The summed E-state index contributed by atoms with van der Waals surface area (Å²) < 4.78 is 78.4. The topological polar surface area (TPSA) is 9.23 Å². The van der Waals surface area contributed by atoms with Crippen molar-refractivity contribution >= 4 is 0 Å². The summed E-state index contributed by atoms with van der Waals surface area (Å²) in [7, 11) is 0.